The maximum absolute atomic E-state index is 6.53. The molecule has 3 atom stereocenters. The molecule has 1 aliphatic heterocycles. The minimum absolute atomic E-state index is 0.0655. The highest BCUT2D eigenvalue weighted by Crippen LogP contribution is 2.53. The molecule has 1 aromatic carbocycles. The molecule has 0 saturated carbocycles. The molecule has 3 nitrogen and oxygen atoms in total. The van der Waals surface area contributed by atoms with Crippen molar-refractivity contribution in [1.82, 2.24) is 0 Å². The zero-order valence-electron chi connectivity index (χ0n) is 22.3. The second kappa shape index (κ2) is 9.68. The van der Waals surface area contributed by atoms with Crippen molar-refractivity contribution in [2.24, 2.45) is 16.3 Å². The number of methoxy groups -OCH3 is 1. The molecule has 0 N–H and O–H groups in total. The van der Waals surface area contributed by atoms with E-state index in [2.05, 4.69) is 73.8 Å². The van der Waals surface area contributed by atoms with Crippen LogP contribution in [-0.4, -0.2) is 25.7 Å². The van der Waals surface area contributed by atoms with E-state index in [4.69, 9.17) is 14.5 Å². The highest BCUT2D eigenvalue weighted by molar-refractivity contribution is 5.91. The SMILES string of the molecule is C=C(C)CCC[C@@]1(C2=N[C@@H](C(C)(C)C)CO2)c2ccc(C(C)C)c(OC)c2CC[C@@H]1C(=C)C. The van der Waals surface area contributed by atoms with Crippen LogP contribution in [0.2, 0.25) is 0 Å². The van der Waals surface area contributed by atoms with Gasteiger partial charge in [-0.25, -0.2) is 4.99 Å². The normalized spacial score (nSPS) is 24.8. The number of aliphatic imine (C=N–C) groups is 1. The van der Waals surface area contributed by atoms with Crippen molar-refractivity contribution in [1.29, 1.82) is 0 Å². The third-order valence-electron chi connectivity index (χ3n) is 7.68. The third-order valence-corrected chi connectivity index (χ3v) is 7.68. The van der Waals surface area contributed by atoms with Gasteiger partial charge in [0.2, 0.25) is 0 Å². The molecule has 33 heavy (non-hydrogen) atoms. The fourth-order valence-corrected chi connectivity index (χ4v) is 5.81. The second-order valence-electron chi connectivity index (χ2n) is 11.7. The van der Waals surface area contributed by atoms with Gasteiger partial charge in [0, 0.05) is 0 Å². The van der Waals surface area contributed by atoms with Crippen molar-refractivity contribution >= 4 is 5.90 Å². The van der Waals surface area contributed by atoms with Crippen LogP contribution >= 0.6 is 0 Å². The minimum Gasteiger partial charge on any atom is -0.496 e. The number of allylic oxidation sites excluding steroid dienone is 2. The summed E-state index contributed by atoms with van der Waals surface area (Å²) in [4.78, 5) is 5.29. The van der Waals surface area contributed by atoms with Gasteiger partial charge in [-0.15, -0.1) is 6.58 Å². The summed E-state index contributed by atoms with van der Waals surface area (Å²) >= 11 is 0. The maximum Gasteiger partial charge on any atom is 0.195 e. The number of hydrogen-bond acceptors (Lipinski definition) is 3. The fraction of sp³-hybridized carbons (Fsp3) is 0.633. The summed E-state index contributed by atoms with van der Waals surface area (Å²) in [5.74, 6) is 2.67. The number of hydrogen-bond donors (Lipinski definition) is 0. The summed E-state index contributed by atoms with van der Waals surface area (Å²) in [6.45, 7) is 24.8. The van der Waals surface area contributed by atoms with Crippen LogP contribution in [0.25, 0.3) is 0 Å². The topological polar surface area (TPSA) is 30.8 Å². The fourth-order valence-electron chi connectivity index (χ4n) is 5.81. The van der Waals surface area contributed by atoms with Crippen LogP contribution < -0.4 is 4.74 Å². The molecule has 0 bridgehead atoms. The smallest absolute Gasteiger partial charge is 0.195 e. The Balaban J connectivity index is 2.27. The van der Waals surface area contributed by atoms with E-state index in [1.807, 2.05) is 7.11 Å². The van der Waals surface area contributed by atoms with E-state index in [-0.39, 0.29) is 16.9 Å². The Morgan fingerprint density at radius 3 is 2.45 bits per heavy atom. The van der Waals surface area contributed by atoms with Gasteiger partial charge >= 0.3 is 0 Å². The van der Waals surface area contributed by atoms with Gasteiger partial charge in [-0.05, 0) is 79.9 Å². The predicted molar refractivity (Wildman–Crippen MR) is 141 cm³/mol. The summed E-state index contributed by atoms with van der Waals surface area (Å²) in [6, 6.07) is 4.78. The zero-order valence-corrected chi connectivity index (χ0v) is 22.3. The Bertz CT molecular complexity index is 933. The van der Waals surface area contributed by atoms with E-state index >= 15 is 0 Å². The van der Waals surface area contributed by atoms with Crippen LogP contribution in [0.4, 0.5) is 0 Å². The maximum atomic E-state index is 6.53. The number of benzene rings is 1. The Hall–Kier alpha value is -2.03. The van der Waals surface area contributed by atoms with Gasteiger partial charge in [0.05, 0.1) is 18.6 Å². The van der Waals surface area contributed by atoms with Gasteiger partial charge in [0.25, 0.3) is 0 Å². The minimum atomic E-state index is -0.308. The standard InChI is InChI=1S/C30H45NO2/c1-19(2)12-11-17-30(28-31-26(18-33-28)29(7,8)9)24(21(5)6)15-14-23-25(30)16-13-22(20(3)4)27(23)32-10/h13,16,20,24,26H,1,5,11-12,14-15,17-18H2,2-4,6-10H3/t24-,26-,30+/m1/s1. The lowest BCUT2D eigenvalue weighted by Gasteiger charge is -2.46. The quantitative estimate of drug-likeness (QED) is 0.378. The molecule has 1 aliphatic carbocycles. The second-order valence-corrected chi connectivity index (χ2v) is 11.7. The number of rotatable bonds is 8. The van der Waals surface area contributed by atoms with Gasteiger partial charge < -0.3 is 9.47 Å². The number of ether oxygens (including phenoxy) is 2. The van der Waals surface area contributed by atoms with Crippen LogP contribution in [0, 0.1) is 11.3 Å². The predicted octanol–water partition coefficient (Wildman–Crippen LogP) is 7.78. The van der Waals surface area contributed by atoms with Crippen LogP contribution in [0.1, 0.15) is 96.8 Å². The first kappa shape index (κ1) is 25.6. The monoisotopic (exact) mass is 451 g/mol. The largest absolute Gasteiger partial charge is 0.496 e. The molecule has 0 amide bonds. The molecule has 1 heterocycles. The van der Waals surface area contributed by atoms with Gasteiger partial charge in [0.1, 0.15) is 12.4 Å². The van der Waals surface area contributed by atoms with E-state index in [0.717, 1.165) is 43.8 Å². The highest BCUT2D eigenvalue weighted by atomic mass is 16.5. The molecule has 2 aliphatic rings. The third kappa shape index (κ3) is 4.79. The molecule has 3 rings (SSSR count). The summed E-state index contributed by atoms with van der Waals surface area (Å²) in [5.41, 5.74) is 6.15. The van der Waals surface area contributed by atoms with Crippen molar-refractivity contribution in [3.63, 3.8) is 0 Å². The van der Waals surface area contributed by atoms with Crippen LogP contribution in [0.5, 0.6) is 5.75 Å². The Labute approximate surface area is 202 Å². The van der Waals surface area contributed by atoms with Crippen LogP contribution in [-0.2, 0) is 16.6 Å². The van der Waals surface area contributed by atoms with Crippen molar-refractivity contribution in [2.45, 2.75) is 97.9 Å². The van der Waals surface area contributed by atoms with Crippen molar-refractivity contribution in [3.8, 4) is 5.75 Å². The molecule has 3 heteroatoms. The molecular formula is C30H45NO2. The molecule has 0 unspecified atom stereocenters. The zero-order chi connectivity index (χ0) is 24.6. The first-order chi connectivity index (χ1) is 15.4. The lowest BCUT2D eigenvalue weighted by molar-refractivity contribution is 0.208. The molecule has 0 saturated heterocycles. The summed E-state index contributed by atoms with van der Waals surface area (Å²) in [5, 5.41) is 0. The van der Waals surface area contributed by atoms with Crippen molar-refractivity contribution in [2.75, 3.05) is 13.7 Å². The van der Waals surface area contributed by atoms with E-state index in [0.29, 0.717) is 18.4 Å². The van der Waals surface area contributed by atoms with Crippen LogP contribution in [0.3, 0.4) is 0 Å². The molecule has 0 spiro atoms. The lowest BCUT2D eigenvalue weighted by Crippen LogP contribution is -2.47. The molecule has 1 aromatic rings. The number of nitrogens with zero attached hydrogens (tertiary/aromatic N) is 1. The average molecular weight is 452 g/mol. The van der Waals surface area contributed by atoms with E-state index in [1.54, 1.807) is 0 Å². The molecule has 0 aromatic heterocycles. The number of fused-ring (bicyclic) bond motifs is 1. The summed E-state index contributed by atoms with van der Waals surface area (Å²) < 4.78 is 12.6. The Morgan fingerprint density at radius 1 is 1.24 bits per heavy atom. The Morgan fingerprint density at radius 2 is 1.94 bits per heavy atom. The van der Waals surface area contributed by atoms with E-state index < -0.39 is 0 Å². The highest BCUT2D eigenvalue weighted by Gasteiger charge is 2.52. The molecule has 182 valence electrons. The molecule has 0 radical (unpaired) electrons. The van der Waals surface area contributed by atoms with Crippen molar-refractivity contribution in [3.05, 3.63) is 53.1 Å². The van der Waals surface area contributed by atoms with E-state index in [1.165, 1.54) is 27.8 Å². The van der Waals surface area contributed by atoms with Crippen molar-refractivity contribution < 1.29 is 9.47 Å². The van der Waals surface area contributed by atoms with Crippen LogP contribution in [0.15, 0.2) is 41.4 Å². The lowest BCUT2D eigenvalue weighted by atomic mass is 9.58. The first-order valence-electron chi connectivity index (χ1n) is 12.6. The van der Waals surface area contributed by atoms with E-state index in [9.17, 15) is 0 Å². The van der Waals surface area contributed by atoms with Gasteiger partial charge in [-0.2, -0.15) is 0 Å². The van der Waals surface area contributed by atoms with Gasteiger partial charge in [-0.3, -0.25) is 0 Å². The van der Waals surface area contributed by atoms with Gasteiger partial charge in [0.15, 0.2) is 5.90 Å². The summed E-state index contributed by atoms with van der Waals surface area (Å²) in [7, 11) is 1.81. The molecule has 0 fully saturated rings. The first-order valence-corrected chi connectivity index (χ1v) is 12.6. The average Bonchev–Trinajstić information content (AvgIpc) is 3.23. The van der Waals surface area contributed by atoms with Gasteiger partial charge in [-0.1, -0.05) is 64.5 Å². The summed E-state index contributed by atoms with van der Waals surface area (Å²) in [6.07, 6.45) is 5.07. The Kier molecular flexibility index (Phi) is 7.51. The molecular weight excluding hydrogens is 406 g/mol.